The van der Waals surface area contributed by atoms with Gasteiger partial charge in [0.15, 0.2) is 0 Å². The highest BCUT2D eigenvalue weighted by Crippen LogP contribution is 2.14. The van der Waals surface area contributed by atoms with E-state index in [4.69, 9.17) is 15.2 Å². The van der Waals surface area contributed by atoms with Crippen LogP contribution in [0, 0.1) is 6.92 Å². The molecule has 0 aliphatic rings. The average Bonchev–Trinajstić information content (AvgIpc) is 3.10. The predicted molar refractivity (Wildman–Crippen MR) is 112 cm³/mol. The third-order valence-electron chi connectivity index (χ3n) is 3.67. The van der Waals surface area contributed by atoms with Crippen LogP contribution in [0.1, 0.15) is 16.1 Å². The number of aryl methyl sites for hydroxylation is 1. The number of aromatic nitrogens is 2. The lowest BCUT2D eigenvalue weighted by atomic mass is 10.2. The van der Waals surface area contributed by atoms with Crippen LogP contribution >= 0.6 is 11.3 Å². The average molecular weight is 411 g/mol. The third-order valence-corrected chi connectivity index (χ3v) is 4.42. The number of benzene rings is 2. The lowest BCUT2D eigenvalue weighted by molar-refractivity contribution is -0.120. The van der Waals surface area contributed by atoms with Gasteiger partial charge in [-0.05, 0) is 42.3 Å². The summed E-state index contributed by atoms with van der Waals surface area (Å²) in [5.74, 6) is 1.22. The van der Waals surface area contributed by atoms with E-state index < -0.39 is 0 Å². The number of amides is 1. The van der Waals surface area contributed by atoms with Crippen LogP contribution in [0.25, 0.3) is 0 Å². The Hall–Kier alpha value is -3.46. The molecule has 0 radical (unpaired) electrons. The number of hydrazone groups is 1. The first kappa shape index (κ1) is 20.3. The summed E-state index contributed by atoms with van der Waals surface area (Å²) in [7, 11) is 0. The standard InChI is InChI=1S/C20H21N5O3S/c1-14-4-2-6-16(10-14)27-8-9-28-17-7-3-5-15(11-17)13-22-23-18(26)12-19-24-25-20(21)29-19/h2-7,10-11,13H,8-9,12H2,1H3,(H2,21,25)(H,23,26). The Bertz CT molecular complexity index is 990. The minimum Gasteiger partial charge on any atom is -0.490 e. The summed E-state index contributed by atoms with van der Waals surface area (Å²) in [5, 5.41) is 12.3. The summed E-state index contributed by atoms with van der Waals surface area (Å²) >= 11 is 1.17. The number of nitrogens with one attached hydrogen (secondary N) is 1. The van der Waals surface area contributed by atoms with Crippen molar-refractivity contribution in [3.8, 4) is 11.5 Å². The van der Waals surface area contributed by atoms with Crippen LogP contribution in [0.2, 0.25) is 0 Å². The number of nitrogen functional groups attached to an aromatic ring is 1. The second-order valence-corrected chi connectivity index (χ2v) is 7.18. The Morgan fingerprint density at radius 3 is 2.55 bits per heavy atom. The molecule has 8 nitrogen and oxygen atoms in total. The monoisotopic (exact) mass is 411 g/mol. The van der Waals surface area contributed by atoms with Gasteiger partial charge < -0.3 is 15.2 Å². The van der Waals surface area contributed by atoms with Gasteiger partial charge in [-0.25, -0.2) is 5.43 Å². The lowest BCUT2D eigenvalue weighted by Crippen LogP contribution is -2.19. The summed E-state index contributed by atoms with van der Waals surface area (Å²) in [6, 6.07) is 15.3. The van der Waals surface area contributed by atoms with Gasteiger partial charge in [-0.15, -0.1) is 10.2 Å². The van der Waals surface area contributed by atoms with E-state index in [-0.39, 0.29) is 12.3 Å². The number of hydrogen-bond acceptors (Lipinski definition) is 8. The number of carbonyl (C=O) groups excluding carboxylic acids is 1. The minimum atomic E-state index is -0.293. The van der Waals surface area contributed by atoms with E-state index in [0.717, 1.165) is 16.9 Å². The molecule has 0 spiro atoms. The summed E-state index contributed by atoms with van der Waals surface area (Å²) in [5.41, 5.74) is 9.88. The molecular formula is C20H21N5O3S. The number of carbonyl (C=O) groups is 1. The van der Waals surface area contributed by atoms with Gasteiger partial charge in [-0.3, -0.25) is 4.79 Å². The molecule has 1 aromatic heterocycles. The van der Waals surface area contributed by atoms with Crippen LogP contribution < -0.4 is 20.6 Å². The number of ether oxygens (including phenoxy) is 2. The highest BCUT2D eigenvalue weighted by Gasteiger charge is 2.07. The number of nitrogens with two attached hydrogens (primary N) is 1. The Balaban J connectivity index is 1.42. The van der Waals surface area contributed by atoms with Gasteiger partial charge in [0.2, 0.25) is 11.0 Å². The van der Waals surface area contributed by atoms with Gasteiger partial charge in [0.25, 0.3) is 0 Å². The van der Waals surface area contributed by atoms with Crippen molar-refractivity contribution in [2.24, 2.45) is 5.10 Å². The first-order valence-corrected chi connectivity index (χ1v) is 9.72. The highest BCUT2D eigenvalue weighted by molar-refractivity contribution is 7.15. The van der Waals surface area contributed by atoms with Crippen LogP contribution in [-0.2, 0) is 11.2 Å². The van der Waals surface area contributed by atoms with Gasteiger partial charge >= 0.3 is 0 Å². The van der Waals surface area contributed by atoms with Crippen LogP contribution in [0.5, 0.6) is 11.5 Å². The number of nitrogens with zero attached hydrogens (tertiary/aromatic N) is 3. The summed E-state index contributed by atoms with van der Waals surface area (Å²) in [4.78, 5) is 11.8. The summed E-state index contributed by atoms with van der Waals surface area (Å²) < 4.78 is 11.4. The van der Waals surface area contributed by atoms with E-state index in [0.29, 0.717) is 29.1 Å². The van der Waals surface area contributed by atoms with Crippen LogP contribution in [0.3, 0.4) is 0 Å². The van der Waals surface area contributed by atoms with Gasteiger partial charge in [-0.1, -0.05) is 35.6 Å². The molecular weight excluding hydrogens is 390 g/mol. The molecule has 0 unspecified atom stereocenters. The van der Waals surface area contributed by atoms with Crippen LogP contribution in [0.4, 0.5) is 5.13 Å². The molecule has 1 heterocycles. The van der Waals surface area contributed by atoms with E-state index >= 15 is 0 Å². The SMILES string of the molecule is Cc1cccc(OCCOc2cccc(C=NNC(=O)Cc3nnc(N)s3)c2)c1. The topological polar surface area (TPSA) is 112 Å². The van der Waals surface area contributed by atoms with Gasteiger partial charge in [0.05, 0.1) is 12.6 Å². The van der Waals surface area contributed by atoms with Crippen LogP contribution in [-0.4, -0.2) is 35.5 Å². The van der Waals surface area contributed by atoms with Crippen molar-refractivity contribution in [3.05, 3.63) is 64.7 Å². The zero-order valence-electron chi connectivity index (χ0n) is 15.9. The first-order chi connectivity index (χ1) is 14.1. The van der Waals surface area contributed by atoms with Gasteiger partial charge in [0, 0.05) is 0 Å². The molecule has 9 heteroatoms. The molecule has 1 amide bonds. The van der Waals surface area contributed by atoms with Crippen molar-refractivity contribution < 1.29 is 14.3 Å². The summed E-state index contributed by atoms with van der Waals surface area (Å²) in [6.07, 6.45) is 1.62. The van der Waals surface area contributed by atoms with Crippen LogP contribution in [0.15, 0.2) is 53.6 Å². The number of hydrogen-bond donors (Lipinski definition) is 2. The molecule has 0 fully saturated rings. The first-order valence-electron chi connectivity index (χ1n) is 8.90. The van der Waals surface area contributed by atoms with Gasteiger partial charge in [0.1, 0.15) is 29.7 Å². The molecule has 3 aromatic rings. The highest BCUT2D eigenvalue weighted by atomic mass is 32.1. The van der Waals surface area contributed by atoms with Crippen molar-refractivity contribution in [1.82, 2.24) is 15.6 Å². The van der Waals surface area contributed by atoms with Crippen molar-refractivity contribution >= 4 is 28.6 Å². The van der Waals surface area contributed by atoms with E-state index in [9.17, 15) is 4.79 Å². The fourth-order valence-electron chi connectivity index (χ4n) is 2.40. The quantitative estimate of drug-likeness (QED) is 0.318. The van der Waals surface area contributed by atoms with Crippen molar-refractivity contribution in [3.63, 3.8) is 0 Å². The molecule has 0 saturated carbocycles. The normalized spacial score (nSPS) is 10.8. The maximum atomic E-state index is 11.8. The number of anilines is 1. The zero-order chi connectivity index (χ0) is 20.5. The van der Waals surface area contributed by atoms with E-state index in [1.807, 2.05) is 55.5 Å². The molecule has 0 atom stereocenters. The molecule has 29 heavy (non-hydrogen) atoms. The second kappa shape index (κ2) is 10.2. The minimum absolute atomic E-state index is 0.0797. The molecule has 0 saturated heterocycles. The molecule has 0 bridgehead atoms. The van der Waals surface area contributed by atoms with Crippen molar-refractivity contribution in [2.75, 3.05) is 18.9 Å². The molecule has 150 valence electrons. The predicted octanol–water partition coefficient (Wildman–Crippen LogP) is 2.58. The Morgan fingerprint density at radius 1 is 1.14 bits per heavy atom. The zero-order valence-corrected chi connectivity index (χ0v) is 16.7. The van der Waals surface area contributed by atoms with E-state index in [1.165, 1.54) is 11.3 Å². The maximum absolute atomic E-state index is 11.8. The molecule has 2 aromatic carbocycles. The van der Waals surface area contributed by atoms with Crippen molar-refractivity contribution in [1.29, 1.82) is 0 Å². The molecule has 0 aliphatic carbocycles. The second-order valence-electron chi connectivity index (χ2n) is 6.09. The fraction of sp³-hybridized carbons (Fsp3) is 0.200. The van der Waals surface area contributed by atoms with E-state index in [1.54, 1.807) is 6.21 Å². The maximum Gasteiger partial charge on any atom is 0.247 e. The summed E-state index contributed by atoms with van der Waals surface area (Å²) in [6.45, 7) is 2.87. The van der Waals surface area contributed by atoms with Gasteiger partial charge in [-0.2, -0.15) is 5.10 Å². The Labute approximate surface area is 172 Å². The largest absolute Gasteiger partial charge is 0.490 e. The molecule has 3 rings (SSSR count). The van der Waals surface area contributed by atoms with Crippen molar-refractivity contribution in [2.45, 2.75) is 13.3 Å². The molecule has 0 aliphatic heterocycles. The molecule has 3 N–H and O–H groups in total. The van der Waals surface area contributed by atoms with E-state index in [2.05, 4.69) is 20.7 Å². The fourth-order valence-corrected chi connectivity index (χ4v) is 3.01. The number of rotatable bonds is 9. The smallest absolute Gasteiger partial charge is 0.247 e. The Morgan fingerprint density at radius 2 is 1.86 bits per heavy atom. The third kappa shape index (κ3) is 6.89. The lowest BCUT2D eigenvalue weighted by Gasteiger charge is -2.09. The Kier molecular flexibility index (Phi) is 7.12.